The van der Waals surface area contributed by atoms with E-state index in [-0.39, 0.29) is 0 Å². The number of nitrogens with zero attached hydrogens (tertiary/aromatic N) is 1. The number of carbonyl (C=O) groups excluding carboxylic acids is 1. The van der Waals surface area contributed by atoms with Crippen molar-refractivity contribution in [1.29, 1.82) is 0 Å². The summed E-state index contributed by atoms with van der Waals surface area (Å²) >= 11 is 0. The van der Waals surface area contributed by atoms with Crippen molar-refractivity contribution in [3.8, 4) is 0 Å². The van der Waals surface area contributed by atoms with Crippen molar-refractivity contribution < 1.29 is 14.3 Å². The molecular weight excluding hydrogens is 254 g/mol. The van der Waals surface area contributed by atoms with Gasteiger partial charge in [0.05, 0.1) is 0 Å². The maximum Gasteiger partial charge on any atom is 0.116 e. The molecule has 0 aromatic rings. The van der Waals surface area contributed by atoms with Crippen LogP contribution in [0.25, 0.3) is 0 Å². The highest BCUT2D eigenvalue weighted by atomic mass is 16.5. The molecule has 0 bridgehead atoms. The first-order valence-corrected chi connectivity index (χ1v) is 7.43. The van der Waals surface area contributed by atoms with Gasteiger partial charge >= 0.3 is 0 Å². The van der Waals surface area contributed by atoms with Gasteiger partial charge in [0.2, 0.25) is 0 Å². The summed E-state index contributed by atoms with van der Waals surface area (Å²) in [5.41, 5.74) is 0.442. The molecule has 1 unspecified atom stereocenters. The topological polar surface area (TPSA) is 38.8 Å². The third-order valence-electron chi connectivity index (χ3n) is 4.14. The molecule has 2 heterocycles. The van der Waals surface area contributed by atoms with E-state index in [1.807, 2.05) is 6.92 Å². The minimum atomic E-state index is 0.442. The van der Waals surface area contributed by atoms with Crippen molar-refractivity contribution in [2.24, 2.45) is 0 Å². The summed E-state index contributed by atoms with van der Waals surface area (Å²) in [4.78, 5) is 11.3. The SMILES string of the molecule is C=CC1CCC2(CCOCC2)N1C.CC=O.CCOC. The molecule has 2 rings (SSSR count). The zero-order valence-electron chi connectivity index (χ0n) is 13.6. The Labute approximate surface area is 124 Å². The molecule has 2 saturated heterocycles. The Morgan fingerprint density at radius 1 is 1.40 bits per heavy atom. The van der Waals surface area contributed by atoms with E-state index in [0.717, 1.165) is 26.1 Å². The quantitative estimate of drug-likeness (QED) is 0.577. The predicted molar refractivity (Wildman–Crippen MR) is 83.1 cm³/mol. The lowest BCUT2D eigenvalue weighted by Crippen LogP contribution is -2.47. The van der Waals surface area contributed by atoms with Crippen molar-refractivity contribution in [2.45, 2.75) is 51.1 Å². The number of carbonyl (C=O) groups is 1. The van der Waals surface area contributed by atoms with Crippen molar-refractivity contribution >= 4 is 6.29 Å². The van der Waals surface area contributed by atoms with E-state index < -0.39 is 0 Å². The molecule has 0 aliphatic carbocycles. The van der Waals surface area contributed by atoms with Gasteiger partial charge in [-0.2, -0.15) is 0 Å². The van der Waals surface area contributed by atoms with Gasteiger partial charge in [-0.3, -0.25) is 4.90 Å². The largest absolute Gasteiger partial charge is 0.385 e. The maximum absolute atomic E-state index is 8.81. The molecule has 0 aromatic heterocycles. The summed E-state index contributed by atoms with van der Waals surface area (Å²) < 4.78 is 9.96. The lowest BCUT2D eigenvalue weighted by Gasteiger charge is -2.41. The van der Waals surface area contributed by atoms with Crippen molar-refractivity contribution in [1.82, 2.24) is 4.90 Å². The van der Waals surface area contributed by atoms with Gasteiger partial charge in [0.15, 0.2) is 0 Å². The Bertz CT molecular complexity index is 260. The number of hydrogen-bond acceptors (Lipinski definition) is 4. The van der Waals surface area contributed by atoms with Gasteiger partial charge in [-0.1, -0.05) is 6.08 Å². The van der Waals surface area contributed by atoms with E-state index >= 15 is 0 Å². The molecule has 2 aliphatic rings. The van der Waals surface area contributed by atoms with Crippen LogP contribution in [0.15, 0.2) is 12.7 Å². The standard InChI is InChI=1S/C11H19NO.C3H8O.C2H4O/c1-3-10-4-5-11(12(10)2)6-8-13-9-7-11;1-3-4-2;1-2-3/h3,10H,1,4-9H2,2H3;3H2,1-2H3;2H,1H3. The highest BCUT2D eigenvalue weighted by molar-refractivity contribution is 5.44. The fourth-order valence-electron chi connectivity index (χ4n) is 2.77. The summed E-state index contributed by atoms with van der Waals surface area (Å²) in [7, 11) is 3.92. The van der Waals surface area contributed by atoms with E-state index in [2.05, 4.69) is 29.3 Å². The van der Waals surface area contributed by atoms with Crippen LogP contribution in [-0.2, 0) is 14.3 Å². The molecule has 118 valence electrons. The Hall–Kier alpha value is -0.710. The van der Waals surface area contributed by atoms with Crippen molar-refractivity contribution in [2.75, 3.05) is 34.0 Å². The van der Waals surface area contributed by atoms with E-state index in [0.29, 0.717) is 11.6 Å². The minimum Gasteiger partial charge on any atom is -0.385 e. The molecular formula is C16H31NO3. The second-order valence-electron chi connectivity index (χ2n) is 5.10. The van der Waals surface area contributed by atoms with Gasteiger partial charge in [0, 0.05) is 38.5 Å². The van der Waals surface area contributed by atoms with Crippen LogP contribution >= 0.6 is 0 Å². The lowest BCUT2D eigenvalue weighted by molar-refractivity contribution is -0.106. The lowest BCUT2D eigenvalue weighted by atomic mass is 9.88. The van der Waals surface area contributed by atoms with Gasteiger partial charge < -0.3 is 14.3 Å². The highest BCUT2D eigenvalue weighted by Gasteiger charge is 2.43. The minimum absolute atomic E-state index is 0.442. The molecule has 0 radical (unpaired) electrons. The summed E-state index contributed by atoms with van der Waals surface area (Å²) in [5, 5.41) is 0. The van der Waals surface area contributed by atoms with Gasteiger partial charge in [0.25, 0.3) is 0 Å². The monoisotopic (exact) mass is 285 g/mol. The fourth-order valence-corrected chi connectivity index (χ4v) is 2.77. The highest BCUT2D eigenvalue weighted by Crippen LogP contribution is 2.39. The molecule has 1 atom stereocenters. The predicted octanol–water partition coefficient (Wildman–Crippen LogP) is 2.67. The van der Waals surface area contributed by atoms with Crippen LogP contribution in [0.3, 0.4) is 0 Å². The molecule has 2 aliphatic heterocycles. The number of rotatable bonds is 2. The van der Waals surface area contributed by atoms with Crippen LogP contribution in [0.1, 0.15) is 39.5 Å². The van der Waals surface area contributed by atoms with E-state index in [9.17, 15) is 0 Å². The zero-order chi connectivity index (χ0) is 15.4. The molecule has 2 fully saturated rings. The second kappa shape index (κ2) is 11.0. The van der Waals surface area contributed by atoms with E-state index in [1.54, 1.807) is 7.11 Å². The fraction of sp³-hybridized carbons (Fsp3) is 0.812. The number of methoxy groups -OCH3 is 1. The first kappa shape index (κ1) is 19.3. The summed E-state index contributed by atoms with van der Waals surface area (Å²) in [6.45, 7) is 10.00. The van der Waals surface area contributed by atoms with Crippen LogP contribution in [0.2, 0.25) is 0 Å². The van der Waals surface area contributed by atoms with Crippen LogP contribution in [0.4, 0.5) is 0 Å². The van der Waals surface area contributed by atoms with Crippen molar-refractivity contribution in [3.63, 3.8) is 0 Å². The average molecular weight is 285 g/mol. The average Bonchev–Trinajstić information content (AvgIpc) is 2.78. The number of hydrogen-bond donors (Lipinski definition) is 0. The first-order valence-electron chi connectivity index (χ1n) is 7.43. The molecule has 0 N–H and O–H groups in total. The Morgan fingerprint density at radius 2 is 1.90 bits per heavy atom. The molecule has 1 spiro atoms. The number of likely N-dealkylation sites (N-methyl/N-ethyl adjacent to an activating group) is 1. The Kier molecular flexibility index (Phi) is 10.6. The molecule has 0 aromatic carbocycles. The molecule has 20 heavy (non-hydrogen) atoms. The number of aldehydes is 1. The van der Waals surface area contributed by atoms with Gasteiger partial charge in [-0.05, 0) is 46.6 Å². The maximum atomic E-state index is 8.81. The number of likely N-dealkylation sites (tertiary alicyclic amines) is 1. The van der Waals surface area contributed by atoms with Crippen LogP contribution < -0.4 is 0 Å². The Balaban J connectivity index is 0.000000438. The normalized spacial score (nSPS) is 24.1. The first-order chi connectivity index (χ1) is 9.61. The number of ether oxygens (including phenoxy) is 2. The summed E-state index contributed by atoms with van der Waals surface area (Å²) in [6.07, 6.45) is 7.84. The summed E-state index contributed by atoms with van der Waals surface area (Å²) in [5.74, 6) is 0. The van der Waals surface area contributed by atoms with Gasteiger partial charge in [0.1, 0.15) is 6.29 Å². The third-order valence-corrected chi connectivity index (χ3v) is 4.14. The molecule has 4 nitrogen and oxygen atoms in total. The van der Waals surface area contributed by atoms with E-state index in [1.165, 1.54) is 32.6 Å². The van der Waals surface area contributed by atoms with E-state index in [4.69, 9.17) is 9.53 Å². The van der Waals surface area contributed by atoms with Crippen LogP contribution in [0.5, 0.6) is 0 Å². The van der Waals surface area contributed by atoms with Crippen molar-refractivity contribution in [3.05, 3.63) is 12.7 Å². The van der Waals surface area contributed by atoms with Gasteiger partial charge in [-0.25, -0.2) is 0 Å². The summed E-state index contributed by atoms with van der Waals surface area (Å²) in [6, 6.07) is 0.595. The molecule has 0 amide bonds. The zero-order valence-corrected chi connectivity index (χ0v) is 13.6. The molecule has 4 heteroatoms. The van der Waals surface area contributed by atoms with Crippen LogP contribution in [-0.4, -0.2) is 56.7 Å². The second-order valence-corrected chi connectivity index (χ2v) is 5.10. The smallest absolute Gasteiger partial charge is 0.116 e. The van der Waals surface area contributed by atoms with Gasteiger partial charge in [-0.15, -0.1) is 6.58 Å². The molecule has 0 saturated carbocycles. The Morgan fingerprint density at radius 3 is 2.25 bits per heavy atom. The third kappa shape index (κ3) is 5.73. The van der Waals surface area contributed by atoms with Crippen LogP contribution in [0, 0.1) is 0 Å².